The molecule has 2 rings (SSSR count). The molecule has 1 aromatic heterocycles. The van der Waals surface area contributed by atoms with Crippen LogP contribution in [0.1, 0.15) is 27.2 Å². The monoisotopic (exact) mass is 262 g/mol. The largest absolute Gasteiger partial charge is 0.476 e. The lowest BCUT2D eigenvalue weighted by molar-refractivity contribution is 0.0692. The third-order valence-electron chi connectivity index (χ3n) is 2.75. The Morgan fingerprint density at radius 1 is 1.28 bits per heavy atom. The second-order valence-corrected chi connectivity index (χ2v) is 5.34. The molecule has 1 heterocycles. The molecule has 0 unspecified atom stereocenters. The maximum Gasteiger partial charge on any atom is 0.357 e. The van der Waals surface area contributed by atoms with E-state index in [9.17, 15) is 4.79 Å². The van der Waals surface area contributed by atoms with E-state index in [1.165, 1.54) is 16.9 Å². The molecule has 1 aromatic carbocycles. The van der Waals surface area contributed by atoms with Gasteiger partial charge in [-0.05, 0) is 31.9 Å². The average molecular weight is 262 g/mol. The zero-order valence-electron chi connectivity index (χ0n) is 10.4. The lowest BCUT2D eigenvalue weighted by Crippen LogP contribution is -2.00. The normalized spacial score (nSPS) is 10.6. The van der Waals surface area contributed by atoms with Crippen molar-refractivity contribution in [1.82, 2.24) is 4.98 Å². The number of carboxylic acid groups (broad SMARTS) is 1. The van der Waals surface area contributed by atoms with Crippen LogP contribution in [0.4, 0.5) is 5.00 Å². The molecule has 0 radical (unpaired) electrons. The van der Waals surface area contributed by atoms with Crippen LogP contribution in [0, 0.1) is 20.8 Å². The van der Waals surface area contributed by atoms with E-state index in [1.807, 2.05) is 20.8 Å². The number of aromatic carboxylic acids is 1. The molecule has 0 spiro atoms. The van der Waals surface area contributed by atoms with Gasteiger partial charge in [-0.3, -0.25) is 0 Å². The van der Waals surface area contributed by atoms with E-state index in [-0.39, 0.29) is 10.7 Å². The second-order valence-electron chi connectivity index (χ2n) is 4.31. The van der Waals surface area contributed by atoms with E-state index < -0.39 is 5.97 Å². The van der Waals surface area contributed by atoms with Gasteiger partial charge in [-0.1, -0.05) is 29.0 Å². The van der Waals surface area contributed by atoms with Gasteiger partial charge in [-0.25, -0.2) is 9.78 Å². The zero-order valence-corrected chi connectivity index (χ0v) is 11.3. The number of anilines is 1. The van der Waals surface area contributed by atoms with Crippen LogP contribution in [-0.4, -0.2) is 16.1 Å². The Bertz CT molecular complexity index is 609. The first-order chi connectivity index (χ1) is 8.40. The molecule has 18 heavy (non-hydrogen) atoms. The maximum absolute atomic E-state index is 11.0. The number of nitrogen functional groups attached to an aromatic ring is 1. The van der Waals surface area contributed by atoms with E-state index in [0.29, 0.717) is 5.01 Å². The van der Waals surface area contributed by atoms with Crippen molar-refractivity contribution in [3.8, 4) is 10.6 Å². The number of aryl methyl sites for hydroxylation is 3. The fourth-order valence-corrected chi connectivity index (χ4v) is 3.11. The number of hydrogen-bond donors (Lipinski definition) is 2. The molecule has 0 fully saturated rings. The number of benzene rings is 1. The van der Waals surface area contributed by atoms with Crippen molar-refractivity contribution in [3.05, 3.63) is 34.5 Å². The first-order valence-electron chi connectivity index (χ1n) is 5.48. The molecule has 0 saturated carbocycles. The second kappa shape index (κ2) is 4.42. The summed E-state index contributed by atoms with van der Waals surface area (Å²) >= 11 is 1.22. The van der Waals surface area contributed by atoms with Crippen LogP contribution in [0.3, 0.4) is 0 Å². The molecule has 0 aliphatic carbocycles. The smallest absolute Gasteiger partial charge is 0.357 e. The summed E-state index contributed by atoms with van der Waals surface area (Å²) in [7, 11) is 0. The highest BCUT2D eigenvalue weighted by molar-refractivity contribution is 7.19. The Kier molecular flexibility index (Phi) is 3.09. The minimum atomic E-state index is -1.09. The Hall–Kier alpha value is -1.88. The summed E-state index contributed by atoms with van der Waals surface area (Å²) in [6.45, 7) is 6.02. The predicted molar refractivity (Wildman–Crippen MR) is 73.1 cm³/mol. The van der Waals surface area contributed by atoms with Gasteiger partial charge in [0.1, 0.15) is 10.0 Å². The van der Waals surface area contributed by atoms with Crippen molar-refractivity contribution in [2.75, 3.05) is 5.73 Å². The number of carboxylic acids is 1. The van der Waals surface area contributed by atoms with Gasteiger partial charge in [0.2, 0.25) is 0 Å². The average Bonchev–Trinajstić information content (AvgIpc) is 2.58. The number of carbonyl (C=O) groups is 1. The van der Waals surface area contributed by atoms with Gasteiger partial charge in [0.15, 0.2) is 5.69 Å². The molecule has 5 heteroatoms. The number of rotatable bonds is 2. The van der Waals surface area contributed by atoms with E-state index in [4.69, 9.17) is 10.8 Å². The number of nitrogens with zero attached hydrogens (tertiary/aromatic N) is 1. The molecule has 4 nitrogen and oxygen atoms in total. The van der Waals surface area contributed by atoms with Crippen LogP contribution in [0.2, 0.25) is 0 Å². The van der Waals surface area contributed by atoms with Gasteiger partial charge in [-0.15, -0.1) is 0 Å². The highest BCUT2D eigenvalue weighted by atomic mass is 32.1. The van der Waals surface area contributed by atoms with Crippen molar-refractivity contribution in [1.29, 1.82) is 0 Å². The molecule has 0 aliphatic rings. The number of hydrogen-bond acceptors (Lipinski definition) is 4. The van der Waals surface area contributed by atoms with Gasteiger partial charge in [-0.2, -0.15) is 0 Å². The Morgan fingerprint density at radius 3 is 2.28 bits per heavy atom. The van der Waals surface area contributed by atoms with Gasteiger partial charge in [0.25, 0.3) is 0 Å². The van der Waals surface area contributed by atoms with E-state index in [2.05, 4.69) is 17.1 Å². The molecule has 3 N–H and O–H groups in total. The fraction of sp³-hybridized carbons (Fsp3) is 0.231. The summed E-state index contributed by atoms with van der Waals surface area (Å²) in [6.07, 6.45) is 0. The van der Waals surface area contributed by atoms with Crippen molar-refractivity contribution >= 4 is 22.3 Å². The lowest BCUT2D eigenvalue weighted by Gasteiger charge is -2.08. The number of thiazole rings is 1. The summed E-state index contributed by atoms with van der Waals surface area (Å²) in [5, 5.41) is 9.89. The zero-order chi connectivity index (χ0) is 13.4. The van der Waals surface area contributed by atoms with Crippen LogP contribution in [0.25, 0.3) is 10.6 Å². The number of aromatic nitrogens is 1. The molecule has 0 atom stereocenters. The van der Waals surface area contributed by atoms with Crippen LogP contribution in [0.5, 0.6) is 0 Å². The Balaban J connectivity index is 2.63. The van der Waals surface area contributed by atoms with Crippen LogP contribution in [-0.2, 0) is 0 Å². The molecule has 0 aliphatic heterocycles. The third-order valence-corrected chi connectivity index (χ3v) is 3.65. The maximum atomic E-state index is 11.0. The molecule has 94 valence electrons. The first-order valence-corrected chi connectivity index (χ1v) is 6.29. The molecule has 0 saturated heterocycles. The van der Waals surface area contributed by atoms with Crippen molar-refractivity contribution < 1.29 is 9.90 Å². The van der Waals surface area contributed by atoms with Gasteiger partial charge in [0.05, 0.1) is 0 Å². The van der Waals surface area contributed by atoms with E-state index in [1.54, 1.807) is 0 Å². The summed E-state index contributed by atoms with van der Waals surface area (Å²) < 4.78 is 0. The van der Waals surface area contributed by atoms with Crippen LogP contribution >= 0.6 is 11.3 Å². The highest BCUT2D eigenvalue weighted by Crippen LogP contribution is 2.34. The minimum absolute atomic E-state index is 0.0608. The van der Waals surface area contributed by atoms with Crippen molar-refractivity contribution in [2.45, 2.75) is 20.8 Å². The molecular weight excluding hydrogens is 248 g/mol. The summed E-state index contributed by atoms with van der Waals surface area (Å²) in [4.78, 5) is 15.1. The van der Waals surface area contributed by atoms with E-state index in [0.717, 1.165) is 16.7 Å². The van der Waals surface area contributed by atoms with Gasteiger partial charge in [0, 0.05) is 5.56 Å². The lowest BCUT2D eigenvalue weighted by atomic mass is 10.0. The standard InChI is InChI=1S/C13H14N2O2S/c1-6-4-7(2)9(8(3)5-6)12-15-10(13(16)17)11(14)18-12/h4-5H,14H2,1-3H3,(H,16,17). The Morgan fingerprint density at radius 2 is 1.83 bits per heavy atom. The van der Waals surface area contributed by atoms with E-state index >= 15 is 0 Å². The van der Waals surface area contributed by atoms with Crippen molar-refractivity contribution in [3.63, 3.8) is 0 Å². The summed E-state index contributed by atoms with van der Waals surface area (Å²) in [5.74, 6) is -1.09. The molecular formula is C13H14N2O2S. The first kappa shape index (κ1) is 12.6. The fourth-order valence-electron chi connectivity index (χ4n) is 2.11. The topological polar surface area (TPSA) is 76.2 Å². The SMILES string of the molecule is Cc1cc(C)c(-c2nc(C(=O)O)c(N)s2)c(C)c1. The number of nitrogens with two attached hydrogens (primary N) is 1. The Labute approximate surface area is 109 Å². The molecule has 0 bridgehead atoms. The van der Waals surface area contributed by atoms with Crippen LogP contribution < -0.4 is 5.73 Å². The van der Waals surface area contributed by atoms with Gasteiger partial charge < -0.3 is 10.8 Å². The third kappa shape index (κ3) is 2.09. The minimum Gasteiger partial charge on any atom is -0.476 e. The summed E-state index contributed by atoms with van der Waals surface area (Å²) in [5.41, 5.74) is 9.94. The summed E-state index contributed by atoms with van der Waals surface area (Å²) in [6, 6.07) is 4.11. The quantitative estimate of drug-likeness (QED) is 0.872. The van der Waals surface area contributed by atoms with Crippen LogP contribution in [0.15, 0.2) is 12.1 Å². The highest BCUT2D eigenvalue weighted by Gasteiger charge is 2.18. The predicted octanol–water partition coefficient (Wildman–Crippen LogP) is 3.02. The van der Waals surface area contributed by atoms with Crippen molar-refractivity contribution in [2.24, 2.45) is 0 Å². The molecule has 0 amide bonds. The van der Waals surface area contributed by atoms with Gasteiger partial charge >= 0.3 is 5.97 Å². The molecule has 2 aromatic rings.